The molecule has 0 radical (unpaired) electrons. The van der Waals surface area contributed by atoms with Crippen molar-refractivity contribution < 1.29 is 19.4 Å². The predicted molar refractivity (Wildman–Crippen MR) is 111 cm³/mol. The van der Waals surface area contributed by atoms with Gasteiger partial charge in [0.05, 0.1) is 16.6 Å². The molecule has 6 nitrogen and oxygen atoms in total. The Bertz CT molecular complexity index is 822. The van der Waals surface area contributed by atoms with Gasteiger partial charge in [-0.15, -0.1) is 11.3 Å². The minimum Gasteiger partial charge on any atom is -0.507 e. The van der Waals surface area contributed by atoms with Crippen LogP contribution in [-0.4, -0.2) is 42.2 Å². The van der Waals surface area contributed by atoms with Crippen molar-refractivity contribution in [2.75, 3.05) is 25.5 Å². The van der Waals surface area contributed by atoms with Gasteiger partial charge in [0.25, 0.3) is 0 Å². The highest BCUT2D eigenvalue weighted by Gasteiger charge is 2.20. The zero-order valence-corrected chi connectivity index (χ0v) is 17.9. The van der Waals surface area contributed by atoms with Gasteiger partial charge in [0.2, 0.25) is 0 Å². The lowest BCUT2D eigenvalue weighted by Gasteiger charge is -2.18. The molecule has 0 aliphatic heterocycles. The monoisotopic (exact) mass is 454 g/mol. The van der Waals surface area contributed by atoms with Crippen LogP contribution in [0, 0.1) is 0 Å². The average Bonchev–Trinajstić information content (AvgIpc) is 3.05. The van der Waals surface area contributed by atoms with Crippen LogP contribution in [0.15, 0.2) is 28.7 Å². The molecule has 2 aromatic rings. The van der Waals surface area contributed by atoms with Gasteiger partial charge in [-0.25, -0.2) is 9.59 Å². The second-order valence-electron chi connectivity index (χ2n) is 5.92. The molecule has 0 spiro atoms. The van der Waals surface area contributed by atoms with Gasteiger partial charge < -0.3 is 14.7 Å². The molecule has 0 saturated heterocycles. The number of benzene rings is 1. The Kier molecular flexibility index (Phi) is 7.67. The molecule has 2 amide bonds. The van der Waals surface area contributed by atoms with Crippen molar-refractivity contribution in [2.24, 2.45) is 0 Å². The number of amides is 2. The number of thiophene rings is 1. The lowest BCUT2D eigenvalue weighted by molar-refractivity contribution is 0.0528. The number of hydrogen-bond donors (Lipinski definition) is 2. The predicted octanol–water partition coefficient (Wildman–Crippen LogP) is 4.66. The highest BCUT2D eigenvalue weighted by Crippen LogP contribution is 2.29. The third-order valence-corrected chi connectivity index (χ3v) is 5.77. The second kappa shape index (κ2) is 9.75. The van der Waals surface area contributed by atoms with E-state index >= 15 is 0 Å². The minimum atomic E-state index is -0.430. The van der Waals surface area contributed by atoms with Crippen LogP contribution in [0.3, 0.4) is 0 Å². The van der Waals surface area contributed by atoms with Crippen molar-refractivity contribution in [3.63, 3.8) is 0 Å². The number of likely N-dealkylation sites (N-methyl/N-ethyl adjacent to an activating group) is 1. The highest BCUT2D eigenvalue weighted by molar-refractivity contribution is 9.10. The van der Waals surface area contributed by atoms with Gasteiger partial charge in [-0.1, -0.05) is 13.0 Å². The number of carbonyl (C=O) groups excluding carboxylic acids is 2. The van der Waals surface area contributed by atoms with Crippen LogP contribution in [-0.2, 0) is 17.6 Å². The number of nitrogens with zero attached hydrogens (tertiary/aromatic N) is 1. The van der Waals surface area contributed by atoms with Crippen LogP contribution in [0.1, 0.15) is 34.6 Å². The SMILES string of the molecule is CCOC(=O)c1cc(CC)sc1NC(=O)N(C)CCc1ccc(O)c(Br)c1. The number of ether oxygens (including phenoxy) is 1. The van der Waals surface area contributed by atoms with Crippen molar-refractivity contribution in [3.8, 4) is 5.75 Å². The number of urea groups is 1. The summed E-state index contributed by atoms with van der Waals surface area (Å²) in [4.78, 5) is 27.2. The number of phenolic OH excluding ortho intramolecular Hbond substituents is 1. The van der Waals surface area contributed by atoms with Crippen LogP contribution < -0.4 is 5.32 Å². The van der Waals surface area contributed by atoms with Gasteiger partial charge in [0, 0.05) is 18.5 Å². The molecule has 0 saturated carbocycles. The number of nitrogens with one attached hydrogen (secondary N) is 1. The Morgan fingerprint density at radius 1 is 1.30 bits per heavy atom. The molecule has 0 aliphatic carbocycles. The number of rotatable bonds is 7. The summed E-state index contributed by atoms with van der Waals surface area (Å²) in [6, 6.07) is 6.74. The van der Waals surface area contributed by atoms with E-state index in [1.807, 2.05) is 19.1 Å². The fraction of sp³-hybridized carbons (Fsp3) is 0.368. The Labute approximate surface area is 171 Å². The number of hydrogen-bond acceptors (Lipinski definition) is 5. The average molecular weight is 455 g/mol. The Balaban J connectivity index is 2.02. The molecule has 8 heteroatoms. The summed E-state index contributed by atoms with van der Waals surface area (Å²) < 4.78 is 5.69. The molecule has 1 aromatic heterocycles. The Hall–Kier alpha value is -2.06. The van der Waals surface area contributed by atoms with E-state index < -0.39 is 5.97 Å². The third-order valence-electron chi connectivity index (χ3n) is 3.94. The first-order chi connectivity index (χ1) is 12.8. The molecule has 1 heterocycles. The summed E-state index contributed by atoms with van der Waals surface area (Å²) >= 11 is 4.67. The van der Waals surface area contributed by atoms with Gasteiger partial charge in [0.1, 0.15) is 10.8 Å². The standard InChI is InChI=1S/C19H23BrN2O4S/c1-4-13-11-14(18(24)26-5-2)17(27-13)21-19(25)22(3)9-8-12-6-7-16(23)15(20)10-12/h6-7,10-11,23H,4-5,8-9H2,1-3H3,(H,21,25). The second-order valence-corrected chi connectivity index (χ2v) is 7.91. The lowest BCUT2D eigenvalue weighted by atomic mass is 10.1. The van der Waals surface area contributed by atoms with E-state index in [0.717, 1.165) is 16.9 Å². The maximum atomic E-state index is 12.5. The third kappa shape index (κ3) is 5.71. The molecule has 0 unspecified atom stereocenters. The van der Waals surface area contributed by atoms with Gasteiger partial charge in [-0.3, -0.25) is 5.32 Å². The number of aryl methyl sites for hydroxylation is 1. The molecule has 0 fully saturated rings. The molecular formula is C19H23BrN2O4S. The number of esters is 1. The fourth-order valence-corrected chi connectivity index (χ4v) is 3.77. The summed E-state index contributed by atoms with van der Waals surface area (Å²) in [7, 11) is 1.70. The van der Waals surface area contributed by atoms with Crippen LogP contribution >= 0.6 is 27.3 Å². The van der Waals surface area contributed by atoms with Crippen LogP contribution in [0.5, 0.6) is 5.75 Å². The van der Waals surface area contributed by atoms with E-state index in [4.69, 9.17) is 4.74 Å². The van der Waals surface area contributed by atoms with E-state index in [2.05, 4.69) is 21.2 Å². The molecule has 1 aromatic carbocycles. The molecular weight excluding hydrogens is 432 g/mol. The van der Waals surface area contributed by atoms with Crippen molar-refractivity contribution in [2.45, 2.75) is 26.7 Å². The normalized spacial score (nSPS) is 10.5. The van der Waals surface area contributed by atoms with Crippen LogP contribution in [0.25, 0.3) is 0 Å². The van der Waals surface area contributed by atoms with Crippen molar-refractivity contribution in [1.82, 2.24) is 4.90 Å². The van der Waals surface area contributed by atoms with E-state index in [0.29, 0.717) is 28.0 Å². The number of carbonyl (C=O) groups is 2. The van der Waals surface area contributed by atoms with E-state index in [1.54, 1.807) is 31.0 Å². The number of halogens is 1. The van der Waals surface area contributed by atoms with Gasteiger partial charge in [-0.2, -0.15) is 0 Å². The van der Waals surface area contributed by atoms with Crippen LogP contribution in [0.4, 0.5) is 9.80 Å². The topological polar surface area (TPSA) is 78.9 Å². The molecule has 0 bridgehead atoms. The van der Waals surface area contributed by atoms with Gasteiger partial charge in [0.15, 0.2) is 0 Å². The zero-order chi connectivity index (χ0) is 20.0. The summed E-state index contributed by atoms with van der Waals surface area (Å²) in [5.74, 6) is -0.249. The fourth-order valence-electron chi connectivity index (χ4n) is 2.37. The van der Waals surface area contributed by atoms with E-state index in [9.17, 15) is 14.7 Å². The lowest BCUT2D eigenvalue weighted by Crippen LogP contribution is -2.33. The largest absolute Gasteiger partial charge is 0.507 e. The first-order valence-corrected chi connectivity index (χ1v) is 10.3. The molecule has 146 valence electrons. The molecule has 2 N–H and O–H groups in total. The summed E-state index contributed by atoms with van der Waals surface area (Å²) in [5, 5.41) is 12.9. The molecule has 0 aliphatic rings. The number of aromatic hydroxyl groups is 1. The molecule has 2 rings (SSSR count). The smallest absolute Gasteiger partial charge is 0.341 e. The molecule has 0 atom stereocenters. The van der Waals surface area contributed by atoms with E-state index in [-0.39, 0.29) is 18.4 Å². The maximum absolute atomic E-state index is 12.5. The summed E-state index contributed by atoms with van der Waals surface area (Å²) in [6.45, 7) is 4.52. The highest BCUT2D eigenvalue weighted by atomic mass is 79.9. The van der Waals surface area contributed by atoms with Gasteiger partial charge >= 0.3 is 12.0 Å². The quantitative estimate of drug-likeness (QED) is 0.596. The van der Waals surface area contributed by atoms with Crippen LogP contribution in [0.2, 0.25) is 0 Å². The van der Waals surface area contributed by atoms with Crippen molar-refractivity contribution in [1.29, 1.82) is 0 Å². The number of phenols is 1. The Morgan fingerprint density at radius 2 is 2.04 bits per heavy atom. The van der Waals surface area contributed by atoms with E-state index in [1.165, 1.54) is 11.3 Å². The van der Waals surface area contributed by atoms with Crippen molar-refractivity contribution >= 4 is 44.3 Å². The minimum absolute atomic E-state index is 0.181. The number of anilines is 1. The molecule has 27 heavy (non-hydrogen) atoms. The maximum Gasteiger partial charge on any atom is 0.341 e. The summed E-state index contributed by atoms with van der Waals surface area (Å²) in [5.41, 5.74) is 1.39. The first kappa shape index (κ1) is 21.2. The van der Waals surface area contributed by atoms with Crippen molar-refractivity contribution in [3.05, 3.63) is 44.7 Å². The first-order valence-electron chi connectivity index (χ1n) is 8.65. The zero-order valence-electron chi connectivity index (χ0n) is 15.5. The van der Waals surface area contributed by atoms with Gasteiger partial charge in [-0.05, 0) is 59.5 Å². The Morgan fingerprint density at radius 3 is 2.67 bits per heavy atom. The summed E-state index contributed by atoms with van der Waals surface area (Å²) in [6.07, 6.45) is 1.41.